The Hall–Kier alpha value is -0.310. The molecule has 0 saturated carbocycles. The van der Waals surface area contributed by atoms with Crippen LogP contribution in [0.15, 0.2) is 18.3 Å². The van der Waals surface area contributed by atoms with Gasteiger partial charge in [-0.25, -0.2) is 4.39 Å². The van der Waals surface area contributed by atoms with Gasteiger partial charge in [-0.2, -0.15) is 0 Å². The molecule has 4 aliphatic heterocycles. The Labute approximate surface area is 185 Å². The fourth-order valence-electron chi connectivity index (χ4n) is 6.16. The van der Waals surface area contributed by atoms with Gasteiger partial charge in [0, 0.05) is 67.9 Å². The second-order valence-electron chi connectivity index (χ2n) is 8.87. The molecular formula is C21H29BrClFN4O. The zero-order valence-corrected chi connectivity index (χ0v) is 18.8. The number of pyridine rings is 1. The van der Waals surface area contributed by atoms with Crippen molar-refractivity contribution in [2.75, 3.05) is 32.8 Å². The van der Waals surface area contributed by atoms with Gasteiger partial charge in [0.15, 0.2) is 0 Å². The molecule has 4 saturated heterocycles. The van der Waals surface area contributed by atoms with Crippen molar-refractivity contribution in [2.45, 2.75) is 53.6 Å². The first-order valence-electron chi connectivity index (χ1n) is 10.8. The van der Waals surface area contributed by atoms with E-state index >= 15 is 4.39 Å². The molecule has 5 rings (SSSR count). The summed E-state index contributed by atoms with van der Waals surface area (Å²) in [5.41, 5.74) is 0.590. The minimum Gasteiger partial charge on any atom is -0.381 e. The molecule has 1 aromatic rings. The molecule has 0 aromatic carbocycles. The van der Waals surface area contributed by atoms with Crippen LogP contribution in [0.2, 0.25) is 0 Å². The van der Waals surface area contributed by atoms with E-state index in [0.29, 0.717) is 34.4 Å². The van der Waals surface area contributed by atoms with Gasteiger partial charge in [0.1, 0.15) is 5.82 Å². The smallest absolute Gasteiger partial charge is 0.146 e. The summed E-state index contributed by atoms with van der Waals surface area (Å²) < 4.78 is 20.7. The SMILES string of the molecule is Fc1cccnc1[C@@H](C1CCOCC1)N1C2CC(Br)CNC2C2C(Cl)CNCC21. The van der Waals surface area contributed by atoms with E-state index in [4.69, 9.17) is 16.3 Å². The largest absolute Gasteiger partial charge is 0.381 e. The Balaban J connectivity index is 1.58. The summed E-state index contributed by atoms with van der Waals surface area (Å²) in [6.07, 6.45) is 4.65. The third-order valence-corrected chi connectivity index (χ3v) is 8.47. The number of rotatable bonds is 3. The van der Waals surface area contributed by atoms with Crippen LogP contribution in [0.4, 0.5) is 4.39 Å². The van der Waals surface area contributed by atoms with Gasteiger partial charge in [0.2, 0.25) is 0 Å². The molecule has 1 aromatic heterocycles. The number of likely N-dealkylation sites (tertiary alicyclic amines) is 1. The van der Waals surface area contributed by atoms with Crippen molar-refractivity contribution in [3.05, 3.63) is 29.8 Å². The average Bonchev–Trinajstić information content (AvgIpc) is 3.05. The van der Waals surface area contributed by atoms with E-state index in [-0.39, 0.29) is 23.3 Å². The molecule has 7 atom stereocenters. The zero-order valence-electron chi connectivity index (χ0n) is 16.4. The van der Waals surface area contributed by atoms with Crippen molar-refractivity contribution in [3.8, 4) is 0 Å². The molecule has 4 fully saturated rings. The monoisotopic (exact) mass is 486 g/mol. The number of hydrogen-bond donors (Lipinski definition) is 2. The Kier molecular flexibility index (Phi) is 6.16. The average molecular weight is 488 g/mol. The maximum absolute atomic E-state index is 15.1. The Morgan fingerprint density at radius 2 is 2.07 bits per heavy atom. The van der Waals surface area contributed by atoms with Crippen LogP contribution >= 0.6 is 27.5 Å². The number of nitrogens with zero attached hydrogens (tertiary/aromatic N) is 2. The predicted octanol–water partition coefficient (Wildman–Crippen LogP) is 2.69. The van der Waals surface area contributed by atoms with E-state index in [9.17, 15) is 0 Å². The number of aromatic nitrogens is 1. The van der Waals surface area contributed by atoms with Crippen molar-refractivity contribution in [1.82, 2.24) is 20.5 Å². The lowest BCUT2D eigenvalue weighted by Crippen LogP contribution is -2.55. The third kappa shape index (κ3) is 3.76. The third-order valence-electron chi connectivity index (χ3n) is 7.32. The van der Waals surface area contributed by atoms with Crippen LogP contribution in [0.25, 0.3) is 0 Å². The molecular weight excluding hydrogens is 459 g/mol. The molecule has 2 N–H and O–H groups in total. The van der Waals surface area contributed by atoms with Gasteiger partial charge in [-0.15, -0.1) is 11.6 Å². The first-order chi connectivity index (χ1) is 14.1. The number of piperidine rings is 2. The van der Waals surface area contributed by atoms with Crippen LogP contribution in [0.3, 0.4) is 0 Å². The Morgan fingerprint density at radius 1 is 1.24 bits per heavy atom. The second-order valence-corrected chi connectivity index (χ2v) is 10.7. The van der Waals surface area contributed by atoms with Crippen molar-refractivity contribution in [3.63, 3.8) is 0 Å². The molecule has 8 heteroatoms. The molecule has 29 heavy (non-hydrogen) atoms. The fourth-order valence-corrected chi connectivity index (χ4v) is 7.16. The lowest BCUT2D eigenvalue weighted by molar-refractivity contribution is -0.00229. The lowest BCUT2D eigenvalue weighted by Gasteiger charge is -2.45. The highest BCUT2D eigenvalue weighted by atomic mass is 79.9. The van der Waals surface area contributed by atoms with Gasteiger partial charge < -0.3 is 15.4 Å². The fraction of sp³-hybridized carbons (Fsp3) is 0.762. The highest BCUT2D eigenvalue weighted by Crippen LogP contribution is 2.48. The van der Waals surface area contributed by atoms with Crippen LogP contribution in [-0.4, -0.2) is 71.1 Å². The van der Waals surface area contributed by atoms with Crippen LogP contribution in [-0.2, 0) is 4.74 Å². The topological polar surface area (TPSA) is 49.4 Å². The second kappa shape index (κ2) is 8.67. The zero-order chi connectivity index (χ0) is 20.0. The standard InChI is InChI=1S/C21H29BrClFN4O/c22-13-8-16-20(27-9-13)18-14(23)10-25-11-17(18)28(16)21(12-3-6-29-7-4-12)19-15(24)2-1-5-26-19/h1-2,5,12-14,16-18,20-21,25,27H,3-4,6-11H2/t13?,14?,16?,17?,18?,20?,21-/m1/s1. The molecule has 0 radical (unpaired) electrons. The van der Waals surface area contributed by atoms with E-state index in [0.717, 1.165) is 52.1 Å². The van der Waals surface area contributed by atoms with Gasteiger partial charge >= 0.3 is 0 Å². The summed E-state index contributed by atoms with van der Waals surface area (Å²) in [7, 11) is 0. The highest BCUT2D eigenvalue weighted by Gasteiger charge is 2.57. The van der Waals surface area contributed by atoms with Gasteiger partial charge in [0.05, 0.1) is 17.1 Å². The quantitative estimate of drug-likeness (QED) is 0.642. The van der Waals surface area contributed by atoms with Gasteiger partial charge in [-0.05, 0) is 37.3 Å². The first kappa shape index (κ1) is 20.6. The van der Waals surface area contributed by atoms with E-state index < -0.39 is 0 Å². The Bertz CT molecular complexity index is 724. The van der Waals surface area contributed by atoms with Crippen LogP contribution in [0.5, 0.6) is 0 Å². The molecule has 5 nitrogen and oxygen atoms in total. The summed E-state index contributed by atoms with van der Waals surface area (Å²) in [4.78, 5) is 7.58. The summed E-state index contributed by atoms with van der Waals surface area (Å²) >= 11 is 10.7. The molecule has 0 aliphatic carbocycles. The minimum atomic E-state index is -0.200. The molecule has 0 spiro atoms. The van der Waals surface area contributed by atoms with E-state index in [1.807, 2.05) is 0 Å². The van der Waals surface area contributed by atoms with Crippen molar-refractivity contribution < 1.29 is 9.13 Å². The summed E-state index contributed by atoms with van der Waals surface area (Å²) in [5, 5.41) is 7.38. The Morgan fingerprint density at radius 3 is 2.86 bits per heavy atom. The van der Waals surface area contributed by atoms with Crippen LogP contribution in [0, 0.1) is 17.7 Å². The molecule has 4 aliphatic rings. The molecule has 6 unspecified atom stereocenters. The summed E-state index contributed by atoms with van der Waals surface area (Å²) in [5.74, 6) is 0.491. The first-order valence-corrected chi connectivity index (χ1v) is 12.2. The van der Waals surface area contributed by atoms with Crippen LogP contribution in [0.1, 0.15) is 31.0 Å². The predicted molar refractivity (Wildman–Crippen MR) is 115 cm³/mol. The minimum absolute atomic E-state index is 0.0500. The number of alkyl halides is 2. The van der Waals surface area contributed by atoms with Gasteiger partial charge in [0.25, 0.3) is 0 Å². The maximum Gasteiger partial charge on any atom is 0.146 e. The van der Waals surface area contributed by atoms with Crippen molar-refractivity contribution in [2.24, 2.45) is 11.8 Å². The molecule has 160 valence electrons. The number of ether oxygens (including phenoxy) is 1. The van der Waals surface area contributed by atoms with Gasteiger partial charge in [-0.3, -0.25) is 9.88 Å². The molecule has 0 amide bonds. The van der Waals surface area contributed by atoms with E-state index in [2.05, 4.69) is 36.4 Å². The summed E-state index contributed by atoms with van der Waals surface area (Å²) in [6, 6.07) is 4.12. The van der Waals surface area contributed by atoms with E-state index in [1.165, 1.54) is 0 Å². The van der Waals surface area contributed by atoms with Crippen molar-refractivity contribution in [1.29, 1.82) is 0 Å². The number of halogens is 3. The molecule has 5 heterocycles. The number of nitrogens with one attached hydrogen (secondary N) is 2. The number of hydrogen-bond acceptors (Lipinski definition) is 5. The lowest BCUT2D eigenvalue weighted by atomic mass is 9.85. The van der Waals surface area contributed by atoms with E-state index in [1.54, 1.807) is 18.3 Å². The van der Waals surface area contributed by atoms with Crippen molar-refractivity contribution >= 4 is 27.5 Å². The highest BCUT2D eigenvalue weighted by molar-refractivity contribution is 9.09. The summed E-state index contributed by atoms with van der Waals surface area (Å²) in [6.45, 7) is 4.15. The van der Waals surface area contributed by atoms with Gasteiger partial charge in [-0.1, -0.05) is 15.9 Å². The van der Waals surface area contributed by atoms with Crippen LogP contribution < -0.4 is 10.6 Å². The molecule has 0 bridgehead atoms. The maximum atomic E-state index is 15.1. The normalized spacial score (nSPS) is 39.7. The number of fused-ring (bicyclic) bond motifs is 3.